The Balaban J connectivity index is 1.94. The molecule has 98 valence electrons. The molecule has 3 heteroatoms. The van der Waals surface area contributed by atoms with E-state index in [-0.39, 0.29) is 12.5 Å². The molecule has 2 aromatic rings. The molecule has 0 aliphatic heterocycles. The number of aliphatic hydroxyl groups is 1. The van der Waals surface area contributed by atoms with Crippen LogP contribution in [0.2, 0.25) is 0 Å². The van der Waals surface area contributed by atoms with Gasteiger partial charge in [-0.3, -0.25) is 4.79 Å². The lowest BCUT2D eigenvalue weighted by molar-refractivity contribution is 0.0916. The average molecular weight is 255 g/mol. The van der Waals surface area contributed by atoms with E-state index in [1.54, 1.807) is 6.07 Å². The number of aryl methyl sites for hydroxylation is 1. The van der Waals surface area contributed by atoms with Gasteiger partial charge in [-0.2, -0.15) is 0 Å². The molecular weight excluding hydrogens is 238 g/mol. The molecular formula is C16H17NO2. The summed E-state index contributed by atoms with van der Waals surface area (Å²) in [6, 6.07) is 16.7. The molecule has 2 rings (SSSR count). The molecule has 3 nitrogen and oxygen atoms in total. The molecule has 0 aliphatic rings. The summed E-state index contributed by atoms with van der Waals surface area (Å²) < 4.78 is 0. The van der Waals surface area contributed by atoms with Crippen LogP contribution in [0.5, 0.6) is 0 Å². The second-order valence-corrected chi connectivity index (χ2v) is 4.51. The van der Waals surface area contributed by atoms with Crippen LogP contribution in [-0.4, -0.2) is 17.6 Å². The molecule has 0 saturated carbocycles. The largest absolute Gasteiger partial charge is 0.387 e. The first-order chi connectivity index (χ1) is 9.16. The first-order valence-corrected chi connectivity index (χ1v) is 6.24. The van der Waals surface area contributed by atoms with E-state index in [0.717, 1.165) is 11.1 Å². The highest BCUT2D eigenvalue weighted by atomic mass is 16.3. The van der Waals surface area contributed by atoms with E-state index in [0.29, 0.717) is 5.56 Å². The molecule has 2 aromatic carbocycles. The van der Waals surface area contributed by atoms with E-state index in [9.17, 15) is 9.90 Å². The Kier molecular flexibility index (Phi) is 4.31. The predicted octanol–water partition coefficient (Wildman–Crippen LogP) is 2.46. The maximum absolute atomic E-state index is 11.9. The summed E-state index contributed by atoms with van der Waals surface area (Å²) in [5, 5.41) is 12.7. The molecule has 0 aliphatic carbocycles. The first-order valence-electron chi connectivity index (χ1n) is 6.24. The van der Waals surface area contributed by atoms with Crippen molar-refractivity contribution in [2.75, 3.05) is 6.54 Å². The van der Waals surface area contributed by atoms with Gasteiger partial charge in [-0.1, -0.05) is 48.0 Å². The minimum absolute atomic E-state index is 0.168. The van der Waals surface area contributed by atoms with Crippen molar-refractivity contribution in [2.45, 2.75) is 13.0 Å². The van der Waals surface area contributed by atoms with Gasteiger partial charge in [0.2, 0.25) is 0 Å². The first kappa shape index (κ1) is 13.3. The molecule has 19 heavy (non-hydrogen) atoms. The van der Waals surface area contributed by atoms with E-state index in [4.69, 9.17) is 0 Å². The lowest BCUT2D eigenvalue weighted by Crippen LogP contribution is -2.28. The molecule has 0 spiro atoms. The van der Waals surface area contributed by atoms with Crippen LogP contribution in [0, 0.1) is 6.92 Å². The van der Waals surface area contributed by atoms with Crippen molar-refractivity contribution in [1.29, 1.82) is 0 Å². The van der Waals surface area contributed by atoms with Gasteiger partial charge in [-0.25, -0.2) is 0 Å². The summed E-state index contributed by atoms with van der Waals surface area (Å²) in [5.74, 6) is -0.168. The van der Waals surface area contributed by atoms with Crippen molar-refractivity contribution in [3.63, 3.8) is 0 Å². The third-order valence-corrected chi connectivity index (χ3v) is 2.92. The zero-order chi connectivity index (χ0) is 13.7. The van der Waals surface area contributed by atoms with Crippen LogP contribution in [-0.2, 0) is 0 Å². The van der Waals surface area contributed by atoms with E-state index in [1.165, 1.54) is 0 Å². The van der Waals surface area contributed by atoms with Crippen LogP contribution < -0.4 is 5.32 Å². The standard InChI is InChI=1S/C16H17NO2/c1-12-6-5-9-14(10-12)16(19)17-11-15(18)13-7-3-2-4-8-13/h2-10,15,18H,11H2,1H3,(H,17,19)/t15-/m0/s1. The summed E-state index contributed by atoms with van der Waals surface area (Å²) in [4.78, 5) is 11.9. The normalized spacial score (nSPS) is 11.9. The number of aliphatic hydroxyl groups excluding tert-OH is 1. The van der Waals surface area contributed by atoms with Crippen molar-refractivity contribution in [1.82, 2.24) is 5.32 Å². The zero-order valence-corrected chi connectivity index (χ0v) is 10.8. The van der Waals surface area contributed by atoms with Crippen LogP contribution in [0.25, 0.3) is 0 Å². The molecule has 0 radical (unpaired) electrons. The Bertz CT molecular complexity index is 552. The van der Waals surface area contributed by atoms with Gasteiger partial charge in [0.1, 0.15) is 0 Å². The number of hydrogen-bond donors (Lipinski definition) is 2. The SMILES string of the molecule is Cc1cccc(C(=O)NC[C@H](O)c2ccccc2)c1. The second-order valence-electron chi connectivity index (χ2n) is 4.51. The molecule has 0 saturated heterocycles. The van der Waals surface area contributed by atoms with Crippen LogP contribution in [0.3, 0.4) is 0 Å². The van der Waals surface area contributed by atoms with Crippen molar-refractivity contribution in [2.24, 2.45) is 0 Å². The van der Waals surface area contributed by atoms with Gasteiger partial charge < -0.3 is 10.4 Å². The van der Waals surface area contributed by atoms with E-state index in [1.807, 2.05) is 55.5 Å². The quantitative estimate of drug-likeness (QED) is 0.881. The minimum Gasteiger partial charge on any atom is -0.387 e. The molecule has 0 fully saturated rings. The summed E-state index contributed by atoms with van der Waals surface area (Å²) in [5.41, 5.74) is 2.45. The molecule has 0 bridgehead atoms. The second kappa shape index (κ2) is 6.16. The fourth-order valence-corrected chi connectivity index (χ4v) is 1.87. The lowest BCUT2D eigenvalue weighted by Gasteiger charge is -2.12. The summed E-state index contributed by atoms with van der Waals surface area (Å²) in [6.07, 6.45) is -0.685. The van der Waals surface area contributed by atoms with Gasteiger partial charge in [0, 0.05) is 12.1 Å². The van der Waals surface area contributed by atoms with Crippen molar-refractivity contribution in [3.05, 3.63) is 71.3 Å². The van der Waals surface area contributed by atoms with Crippen LogP contribution in [0.15, 0.2) is 54.6 Å². The van der Waals surface area contributed by atoms with Gasteiger partial charge in [0.05, 0.1) is 6.10 Å². The Morgan fingerprint density at radius 2 is 1.89 bits per heavy atom. The predicted molar refractivity (Wildman–Crippen MR) is 74.9 cm³/mol. The van der Waals surface area contributed by atoms with Gasteiger partial charge in [-0.15, -0.1) is 0 Å². The number of carbonyl (C=O) groups excluding carboxylic acids is 1. The monoisotopic (exact) mass is 255 g/mol. The third kappa shape index (κ3) is 3.66. The molecule has 1 atom stereocenters. The fraction of sp³-hybridized carbons (Fsp3) is 0.188. The number of rotatable bonds is 4. The number of amides is 1. The average Bonchev–Trinajstić information content (AvgIpc) is 2.45. The summed E-state index contributed by atoms with van der Waals surface area (Å²) >= 11 is 0. The third-order valence-electron chi connectivity index (χ3n) is 2.92. The summed E-state index contributed by atoms with van der Waals surface area (Å²) in [6.45, 7) is 2.15. The number of nitrogens with one attached hydrogen (secondary N) is 1. The lowest BCUT2D eigenvalue weighted by atomic mass is 10.1. The van der Waals surface area contributed by atoms with Crippen molar-refractivity contribution >= 4 is 5.91 Å². The highest BCUT2D eigenvalue weighted by Crippen LogP contribution is 2.11. The number of hydrogen-bond acceptors (Lipinski definition) is 2. The Labute approximate surface area is 112 Å². The van der Waals surface area contributed by atoms with Gasteiger partial charge in [0.25, 0.3) is 5.91 Å². The van der Waals surface area contributed by atoms with Crippen molar-refractivity contribution < 1.29 is 9.90 Å². The molecule has 1 amide bonds. The topological polar surface area (TPSA) is 49.3 Å². The zero-order valence-electron chi connectivity index (χ0n) is 10.8. The Hall–Kier alpha value is -2.13. The Morgan fingerprint density at radius 1 is 1.16 bits per heavy atom. The van der Waals surface area contributed by atoms with Crippen LogP contribution in [0.1, 0.15) is 27.6 Å². The highest BCUT2D eigenvalue weighted by molar-refractivity contribution is 5.94. The van der Waals surface area contributed by atoms with Crippen LogP contribution in [0.4, 0.5) is 0 Å². The van der Waals surface area contributed by atoms with Crippen molar-refractivity contribution in [3.8, 4) is 0 Å². The smallest absolute Gasteiger partial charge is 0.251 e. The van der Waals surface area contributed by atoms with Gasteiger partial charge in [-0.05, 0) is 24.6 Å². The highest BCUT2D eigenvalue weighted by Gasteiger charge is 2.10. The molecule has 0 aromatic heterocycles. The molecule has 0 heterocycles. The van der Waals surface area contributed by atoms with E-state index < -0.39 is 6.10 Å². The fourth-order valence-electron chi connectivity index (χ4n) is 1.87. The Morgan fingerprint density at radius 3 is 2.58 bits per heavy atom. The minimum atomic E-state index is -0.685. The van der Waals surface area contributed by atoms with Gasteiger partial charge in [0.15, 0.2) is 0 Å². The molecule has 2 N–H and O–H groups in total. The number of benzene rings is 2. The van der Waals surface area contributed by atoms with Gasteiger partial charge >= 0.3 is 0 Å². The molecule has 0 unspecified atom stereocenters. The summed E-state index contributed by atoms with van der Waals surface area (Å²) in [7, 11) is 0. The number of carbonyl (C=O) groups is 1. The maximum atomic E-state index is 11.9. The van der Waals surface area contributed by atoms with E-state index >= 15 is 0 Å². The van der Waals surface area contributed by atoms with Crippen LogP contribution >= 0.6 is 0 Å². The maximum Gasteiger partial charge on any atom is 0.251 e. The van der Waals surface area contributed by atoms with E-state index in [2.05, 4.69) is 5.32 Å².